The second-order valence-corrected chi connectivity index (χ2v) is 20.3. The summed E-state index contributed by atoms with van der Waals surface area (Å²) in [5.74, 6) is -0.718. The number of hydrogen-bond donors (Lipinski definition) is 8. The Labute approximate surface area is 428 Å². The number of aliphatic hydroxyl groups is 7. The minimum atomic E-state index is -1.67. The van der Waals surface area contributed by atoms with E-state index in [4.69, 9.17) is 9.47 Å². The number of amides is 1. The van der Waals surface area contributed by atoms with Gasteiger partial charge in [-0.1, -0.05) is 217 Å². The van der Waals surface area contributed by atoms with E-state index in [9.17, 15) is 40.5 Å². The summed E-state index contributed by atoms with van der Waals surface area (Å²) >= 11 is 0. The van der Waals surface area contributed by atoms with Crippen LogP contribution in [0.1, 0.15) is 251 Å². The van der Waals surface area contributed by atoms with Crippen LogP contribution >= 0.6 is 0 Å². The zero-order chi connectivity index (χ0) is 51.1. The van der Waals surface area contributed by atoms with Gasteiger partial charge >= 0.3 is 0 Å². The maximum absolute atomic E-state index is 13.2. The number of aliphatic hydroxyl groups excluding tert-OH is 7. The van der Waals surface area contributed by atoms with Crippen LogP contribution in [0.15, 0.2) is 48.6 Å². The summed E-state index contributed by atoms with van der Waals surface area (Å²) in [6.07, 6.45) is 48.8. The summed E-state index contributed by atoms with van der Waals surface area (Å²) in [6.45, 7) is 3.45. The first kappa shape index (κ1) is 66.1. The quantitative estimate of drug-likeness (QED) is 0.0215. The third kappa shape index (κ3) is 36.1. The third-order valence-electron chi connectivity index (χ3n) is 13.8. The molecule has 0 aliphatic carbocycles. The number of allylic oxidation sites excluding steroid dienone is 8. The van der Waals surface area contributed by atoms with E-state index >= 15 is 0 Å². The molecule has 0 spiro atoms. The Morgan fingerprint density at radius 2 is 0.900 bits per heavy atom. The van der Waals surface area contributed by atoms with Gasteiger partial charge in [0.25, 0.3) is 0 Å². The highest BCUT2D eigenvalue weighted by atomic mass is 16.7. The molecule has 9 atom stereocenters. The third-order valence-corrected chi connectivity index (χ3v) is 13.8. The van der Waals surface area contributed by atoms with Crippen LogP contribution in [0.25, 0.3) is 0 Å². The van der Waals surface area contributed by atoms with Crippen LogP contribution in [0, 0.1) is 0 Å². The van der Waals surface area contributed by atoms with Gasteiger partial charge in [0.05, 0.1) is 25.4 Å². The van der Waals surface area contributed by atoms with Crippen LogP contribution in [0.4, 0.5) is 0 Å². The fourth-order valence-corrected chi connectivity index (χ4v) is 9.08. The molecule has 1 amide bonds. The minimum absolute atomic E-state index is 0.238. The van der Waals surface area contributed by atoms with Gasteiger partial charge in [-0.3, -0.25) is 4.79 Å². The number of carbonyl (C=O) groups excluding carboxylic acids is 1. The Kier molecular flexibility index (Phi) is 45.3. The lowest BCUT2D eigenvalue weighted by molar-refractivity contribution is -0.303. The molecule has 1 aliphatic rings. The Balaban J connectivity index is 2.37. The predicted octanol–water partition coefficient (Wildman–Crippen LogP) is 12.1. The molecular formula is C59H109NO10. The van der Waals surface area contributed by atoms with E-state index in [-0.39, 0.29) is 12.8 Å². The summed E-state index contributed by atoms with van der Waals surface area (Å²) in [4.78, 5) is 13.2. The van der Waals surface area contributed by atoms with Gasteiger partial charge in [-0.05, 0) is 83.5 Å². The molecular weight excluding hydrogens is 883 g/mol. The normalized spacial score (nSPS) is 20.6. The maximum Gasteiger partial charge on any atom is 0.249 e. The summed E-state index contributed by atoms with van der Waals surface area (Å²) in [5, 5.41) is 76.1. The van der Waals surface area contributed by atoms with Gasteiger partial charge in [0, 0.05) is 0 Å². The van der Waals surface area contributed by atoms with Gasteiger partial charge in [0.2, 0.25) is 5.91 Å². The maximum atomic E-state index is 13.2. The molecule has 1 heterocycles. The molecule has 1 aliphatic heterocycles. The number of nitrogens with one attached hydrogen (secondary N) is 1. The van der Waals surface area contributed by atoms with Crippen molar-refractivity contribution in [1.82, 2.24) is 5.32 Å². The molecule has 1 rings (SSSR count). The van der Waals surface area contributed by atoms with Gasteiger partial charge < -0.3 is 50.5 Å². The summed E-state index contributed by atoms with van der Waals surface area (Å²) in [5.41, 5.74) is 0. The monoisotopic (exact) mass is 992 g/mol. The standard InChI is InChI=1S/C59H109NO10/c1-3-5-7-9-11-13-15-17-19-21-23-25-27-29-31-33-35-37-39-41-43-45-47-52(63)58(68)60-50(49-69-59-57(67)56(66)55(65)53(48-61)70-59)54(64)51(62)46-44-42-40-38-36-34-32-30-28-26-24-22-20-18-16-14-12-10-8-6-4-2/h23,25,29-32,38,40,50-57,59,61-67H,3-22,24,26-28,33-37,39,41-49H2,1-2H3,(H,60,68)/b25-23-,31-29-,32-30+,40-38+. The van der Waals surface area contributed by atoms with Gasteiger partial charge in [-0.2, -0.15) is 0 Å². The van der Waals surface area contributed by atoms with Crippen molar-refractivity contribution in [2.75, 3.05) is 13.2 Å². The van der Waals surface area contributed by atoms with E-state index < -0.39 is 74.2 Å². The minimum Gasteiger partial charge on any atom is -0.394 e. The van der Waals surface area contributed by atoms with Gasteiger partial charge in [-0.15, -0.1) is 0 Å². The topological polar surface area (TPSA) is 189 Å². The molecule has 0 aromatic rings. The summed E-state index contributed by atoms with van der Waals surface area (Å²) < 4.78 is 11.1. The van der Waals surface area contributed by atoms with Crippen LogP contribution in [-0.4, -0.2) is 110 Å². The van der Waals surface area contributed by atoms with E-state index in [0.717, 1.165) is 64.2 Å². The van der Waals surface area contributed by atoms with E-state index in [1.54, 1.807) is 0 Å². The van der Waals surface area contributed by atoms with Crippen molar-refractivity contribution in [3.8, 4) is 0 Å². The molecule has 1 fully saturated rings. The van der Waals surface area contributed by atoms with Crippen molar-refractivity contribution in [3.63, 3.8) is 0 Å². The zero-order valence-corrected chi connectivity index (χ0v) is 44.7. The predicted molar refractivity (Wildman–Crippen MR) is 288 cm³/mol. The first-order valence-electron chi connectivity index (χ1n) is 29.0. The molecule has 11 heteroatoms. The first-order valence-corrected chi connectivity index (χ1v) is 29.0. The van der Waals surface area contributed by atoms with Crippen molar-refractivity contribution in [3.05, 3.63) is 48.6 Å². The molecule has 1 saturated heterocycles. The molecule has 0 bridgehead atoms. The number of carbonyl (C=O) groups is 1. The number of rotatable bonds is 49. The van der Waals surface area contributed by atoms with Crippen LogP contribution in [-0.2, 0) is 14.3 Å². The molecule has 11 nitrogen and oxygen atoms in total. The lowest BCUT2D eigenvalue weighted by atomic mass is 9.98. The van der Waals surface area contributed by atoms with E-state index in [1.807, 2.05) is 0 Å². The van der Waals surface area contributed by atoms with Crippen molar-refractivity contribution in [2.45, 2.75) is 306 Å². The molecule has 410 valence electrons. The van der Waals surface area contributed by atoms with Crippen molar-refractivity contribution in [2.24, 2.45) is 0 Å². The largest absolute Gasteiger partial charge is 0.394 e. The second kappa shape index (κ2) is 48.0. The van der Waals surface area contributed by atoms with Crippen LogP contribution in [0.3, 0.4) is 0 Å². The van der Waals surface area contributed by atoms with E-state index in [2.05, 4.69) is 67.8 Å². The number of ether oxygens (including phenoxy) is 2. The van der Waals surface area contributed by atoms with E-state index in [1.165, 1.54) is 141 Å². The van der Waals surface area contributed by atoms with Crippen molar-refractivity contribution in [1.29, 1.82) is 0 Å². The van der Waals surface area contributed by atoms with Gasteiger partial charge in [-0.25, -0.2) is 0 Å². The van der Waals surface area contributed by atoms with E-state index in [0.29, 0.717) is 19.3 Å². The molecule has 8 N–H and O–H groups in total. The molecule has 0 aromatic heterocycles. The zero-order valence-electron chi connectivity index (χ0n) is 44.7. The van der Waals surface area contributed by atoms with Crippen molar-refractivity contribution >= 4 is 5.91 Å². The van der Waals surface area contributed by atoms with Crippen LogP contribution in [0.2, 0.25) is 0 Å². The highest BCUT2D eigenvalue weighted by Gasteiger charge is 2.44. The number of unbranched alkanes of at least 4 members (excludes halogenated alkanes) is 29. The fraction of sp³-hybridized carbons (Fsp3) is 0.847. The average Bonchev–Trinajstić information content (AvgIpc) is 3.36. The van der Waals surface area contributed by atoms with Crippen molar-refractivity contribution < 1.29 is 50.0 Å². The molecule has 0 saturated carbocycles. The first-order chi connectivity index (χ1) is 34.2. The molecule has 0 aromatic carbocycles. The Hall–Kier alpha value is -1.93. The number of hydrogen-bond acceptors (Lipinski definition) is 10. The second-order valence-electron chi connectivity index (χ2n) is 20.3. The van der Waals surface area contributed by atoms with Crippen LogP contribution in [0.5, 0.6) is 0 Å². The Morgan fingerprint density at radius 1 is 0.500 bits per heavy atom. The molecule has 70 heavy (non-hydrogen) atoms. The Morgan fingerprint density at radius 3 is 1.36 bits per heavy atom. The SMILES string of the molecule is CCCCCCCCCCC/C=C\C/C=C\CCCCCCCCC(O)C(=O)NC(COC1OC(CO)C(O)C(O)C1O)C(O)C(O)CCC/C=C/CC/C=C/CCCCCCCCCCCCCC. The van der Waals surface area contributed by atoms with Gasteiger partial charge in [0.15, 0.2) is 6.29 Å². The molecule has 9 unspecified atom stereocenters. The average molecular weight is 993 g/mol. The van der Waals surface area contributed by atoms with Gasteiger partial charge in [0.1, 0.15) is 36.6 Å². The highest BCUT2D eigenvalue weighted by molar-refractivity contribution is 5.80. The smallest absolute Gasteiger partial charge is 0.249 e. The summed E-state index contributed by atoms with van der Waals surface area (Å²) in [7, 11) is 0. The lowest BCUT2D eigenvalue weighted by Crippen LogP contribution is -2.60. The highest BCUT2D eigenvalue weighted by Crippen LogP contribution is 2.23. The lowest BCUT2D eigenvalue weighted by Gasteiger charge is -2.40. The molecule has 0 radical (unpaired) electrons. The summed E-state index contributed by atoms with van der Waals surface area (Å²) in [6, 6.07) is -1.20. The fourth-order valence-electron chi connectivity index (χ4n) is 9.08. The van der Waals surface area contributed by atoms with Crippen LogP contribution < -0.4 is 5.32 Å². The Bertz CT molecular complexity index is 1280.